The van der Waals surface area contributed by atoms with Crippen LogP contribution in [0.3, 0.4) is 0 Å². The second kappa shape index (κ2) is 8.17. The number of nitrogens with one attached hydrogen (secondary N) is 2. The van der Waals surface area contributed by atoms with Gasteiger partial charge in [-0.3, -0.25) is 0 Å². The van der Waals surface area contributed by atoms with Crippen LogP contribution in [0.5, 0.6) is 0 Å². The van der Waals surface area contributed by atoms with Crippen molar-refractivity contribution in [2.45, 2.75) is 12.8 Å². The maximum atomic E-state index is 12.8. The van der Waals surface area contributed by atoms with Crippen molar-refractivity contribution in [2.75, 3.05) is 13.1 Å². The Kier molecular flexibility index (Phi) is 5.95. The number of hydrogen-bond acceptors (Lipinski definition) is 2. The summed E-state index contributed by atoms with van der Waals surface area (Å²) in [4.78, 5) is 0. The van der Waals surface area contributed by atoms with Gasteiger partial charge in [0.25, 0.3) is 0 Å². The highest BCUT2D eigenvalue weighted by atomic mass is 19.1. The van der Waals surface area contributed by atoms with E-state index in [0.717, 1.165) is 42.9 Å². The molecule has 0 amide bonds. The van der Waals surface area contributed by atoms with E-state index < -0.39 is 0 Å². The van der Waals surface area contributed by atoms with Gasteiger partial charge in [0.15, 0.2) is 0 Å². The van der Waals surface area contributed by atoms with Crippen LogP contribution in [-0.4, -0.2) is 13.1 Å². The lowest BCUT2D eigenvalue weighted by atomic mass is 10.1. The minimum absolute atomic E-state index is 0.219. The Morgan fingerprint density at radius 2 is 1.09 bits per heavy atom. The molecule has 2 aromatic rings. The van der Waals surface area contributed by atoms with Crippen molar-refractivity contribution >= 4 is 0 Å². The molecule has 2 rings (SSSR count). The fraction of sp³-hybridized carbons (Fsp3) is 0.222. The molecule has 0 saturated heterocycles. The van der Waals surface area contributed by atoms with Gasteiger partial charge in [0.1, 0.15) is 11.6 Å². The molecular weight excluding hydrogens is 282 g/mol. The van der Waals surface area contributed by atoms with Crippen molar-refractivity contribution in [3.05, 3.63) is 83.7 Å². The molecule has 2 nitrogen and oxygen atoms in total. The molecule has 0 aliphatic carbocycles. The van der Waals surface area contributed by atoms with Gasteiger partial charge in [-0.25, -0.2) is 8.78 Å². The average Bonchev–Trinajstić information content (AvgIpc) is 2.51. The molecule has 4 heteroatoms. The molecule has 0 aromatic heterocycles. The fourth-order valence-electron chi connectivity index (χ4n) is 2.08. The first-order chi connectivity index (χ1) is 10.6. The van der Waals surface area contributed by atoms with Gasteiger partial charge in [-0.1, -0.05) is 30.8 Å². The standard InChI is InChI=1S/C18H20F2N2/c1-14(21-12-10-15-2-6-17(19)7-3-15)22-13-11-16-4-8-18(20)9-5-16/h2-9,21-22H,1,10-13H2. The highest BCUT2D eigenvalue weighted by Gasteiger charge is 1.97. The van der Waals surface area contributed by atoms with Gasteiger partial charge in [-0.2, -0.15) is 0 Å². The average molecular weight is 302 g/mol. The molecule has 0 spiro atoms. The molecule has 0 aliphatic rings. The monoisotopic (exact) mass is 302 g/mol. The van der Waals surface area contributed by atoms with Gasteiger partial charge in [0, 0.05) is 13.1 Å². The summed E-state index contributed by atoms with van der Waals surface area (Å²) in [6.45, 7) is 5.36. The SMILES string of the molecule is C=C(NCCc1ccc(F)cc1)NCCc1ccc(F)cc1. The maximum absolute atomic E-state index is 12.8. The first kappa shape index (κ1) is 16.0. The van der Waals surface area contributed by atoms with Crippen molar-refractivity contribution in [1.29, 1.82) is 0 Å². The Morgan fingerprint density at radius 3 is 1.45 bits per heavy atom. The summed E-state index contributed by atoms with van der Waals surface area (Å²) in [5.74, 6) is 0.316. The van der Waals surface area contributed by atoms with Gasteiger partial charge < -0.3 is 10.6 Å². The first-order valence-corrected chi connectivity index (χ1v) is 7.29. The summed E-state index contributed by atoms with van der Waals surface area (Å²) in [5, 5.41) is 6.36. The van der Waals surface area contributed by atoms with E-state index in [2.05, 4.69) is 17.2 Å². The van der Waals surface area contributed by atoms with E-state index in [1.165, 1.54) is 24.3 Å². The normalized spacial score (nSPS) is 10.3. The molecule has 0 unspecified atom stereocenters. The van der Waals surface area contributed by atoms with E-state index in [1.54, 1.807) is 24.3 Å². The minimum Gasteiger partial charge on any atom is -0.372 e. The molecule has 0 bridgehead atoms. The van der Waals surface area contributed by atoms with E-state index in [9.17, 15) is 8.78 Å². The zero-order valence-corrected chi connectivity index (χ0v) is 12.4. The molecule has 0 aliphatic heterocycles. The van der Waals surface area contributed by atoms with Crippen LogP contribution >= 0.6 is 0 Å². The number of rotatable bonds is 8. The first-order valence-electron chi connectivity index (χ1n) is 7.29. The van der Waals surface area contributed by atoms with Crippen LogP contribution in [0.2, 0.25) is 0 Å². The third-order valence-electron chi connectivity index (χ3n) is 3.33. The Labute approximate surface area is 129 Å². The highest BCUT2D eigenvalue weighted by molar-refractivity contribution is 5.17. The third kappa shape index (κ3) is 5.56. The van der Waals surface area contributed by atoms with Gasteiger partial charge >= 0.3 is 0 Å². The van der Waals surface area contributed by atoms with Gasteiger partial charge in [0.2, 0.25) is 0 Å². The van der Waals surface area contributed by atoms with Crippen molar-refractivity contribution in [2.24, 2.45) is 0 Å². The molecular formula is C18H20F2N2. The molecule has 0 saturated carbocycles. The van der Waals surface area contributed by atoms with Crippen LogP contribution in [0.25, 0.3) is 0 Å². The van der Waals surface area contributed by atoms with Crippen molar-refractivity contribution in [3.8, 4) is 0 Å². The summed E-state index contributed by atoms with van der Waals surface area (Å²) in [7, 11) is 0. The summed E-state index contributed by atoms with van der Waals surface area (Å²) in [6, 6.07) is 13.0. The molecule has 0 atom stereocenters. The van der Waals surface area contributed by atoms with Gasteiger partial charge in [0.05, 0.1) is 5.82 Å². The summed E-state index contributed by atoms with van der Waals surface area (Å²) < 4.78 is 25.6. The molecule has 22 heavy (non-hydrogen) atoms. The zero-order chi connectivity index (χ0) is 15.8. The van der Waals surface area contributed by atoms with E-state index in [-0.39, 0.29) is 11.6 Å². The number of halogens is 2. The van der Waals surface area contributed by atoms with Crippen LogP contribution in [0.4, 0.5) is 8.78 Å². The topological polar surface area (TPSA) is 24.1 Å². The maximum Gasteiger partial charge on any atom is 0.123 e. The Hall–Kier alpha value is -2.36. The van der Waals surface area contributed by atoms with E-state index in [4.69, 9.17) is 0 Å². The fourth-order valence-corrected chi connectivity index (χ4v) is 2.08. The third-order valence-corrected chi connectivity index (χ3v) is 3.33. The molecule has 0 heterocycles. The minimum atomic E-state index is -0.219. The highest BCUT2D eigenvalue weighted by Crippen LogP contribution is 2.04. The predicted octanol–water partition coefficient (Wildman–Crippen LogP) is 3.40. The zero-order valence-electron chi connectivity index (χ0n) is 12.4. The van der Waals surface area contributed by atoms with Crippen LogP contribution < -0.4 is 10.6 Å². The second-order valence-corrected chi connectivity index (χ2v) is 5.09. The quantitative estimate of drug-likeness (QED) is 0.781. The molecule has 0 radical (unpaired) electrons. The van der Waals surface area contributed by atoms with Crippen molar-refractivity contribution in [3.63, 3.8) is 0 Å². The number of hydrogen-bond donors (Lipinski definition) is 2. The van der Waals surface area contributed by atoms with Crippen LogP contribution in [0.1, 0.15) is 11.1 Å². The lowest BCUT2D eigenvalue weighted by molar-refractivity contribution is 0.625. The van der Waals surface area contributed by atoms with Gasteiger partial charge in [-0.15, -0.1) is 0 Å². The Balaban J connectivity index is 1.61. The molecule has 2 N–H and O–H groups in total. The van der Waals surface area contributed by atoms with Crippen molar-refractivity contribution < 1.29 is 8.78 Å². The van der Waals surface area contributed by atoms with E-state index >= 15 is 0 Å². The molecule has 116 valence electrons. The molecule has 0 fully saturated rings. The number of benzene rings is 2. The predicted molar refractivity (Wildman–Crippen MR) is 85.4 cm³/mol. The van der Waals surface area contributed by atoms with E-state index in [0.29, 0.717) is 0 Å². The summed E-state index contributed by atoms with van der Waals surface area (Å²) in [5.41, 5.74) is 2.15. The summed E-state index contributed by atoms with van der Waals surface area (Å²) in [6.07, 6.45) is 1.61. The second-order valence-electron chi connectivity index (χ2n) is 5.09. The Bertz CT molecular complexity index is 538. The Morgan fingerprint density at radius 1 is 0.727 bits per heavy atom. The largest absolute Gasteiger partial charge is 0.372 e. The lowest BCUT2D eigenvalue weighted by Gasteiger charge is -2.12. The van der Waals surface area contributed by atoms with Crippen LogP contribution in [0, 0.1) is 11.6 Å². The van der Waals surface area contributed by atoms with E-state index in [1.807, 2.05) is 0 Å². The van der Waals surface area contributed by atoms with Crippen LogP contribution in [0.15, 0.2) is 60.9 Å². The van der Waals surface area contributed by atoms with Crippen LogP contribution in [-0.2, 0) is 12.8 Å². The molecule has 2 aromatic carbocycles. The lowest BCUT2D eigenvalue weighted by Crippen LogP contribution is -2.28. The summed E-state index contributed by atoms with van der Waals surface area (Å²) >= 11 is 0. The van der Waals surface area contributed by atoms with Gasteiger partial charge in [-0.05, 0) is 48.2 Å². The smallest absolute Gasteiger partial charge is 0.123 e. The van der Waals surface area contributed by atoms with Crippen molar-refractivity contribution in [1.82, 2.24) is 10.6 Å².